The van der Waals surface area contributed by atoms with Crippen LogP contribution >= 0.6 is 34.8 Å². The molecule has 1 aromatic heterocycles. The Hall–Kier alpha value is -1.82. The summed E-state index contributed by atoms with van der Waals surface area (Å²) in [5.74, 6) is -0.817. The molecule has 0 unspecified atom stereocenters. The first-order valence-corrected chi connectivity index (χ1v) is 7.59. The quantitative estimate of drug-likeness (QED) is 0.810. The van der Waals surface area contributed by atoms with Crippen LogP contribution in [-0.4, -0.2) is 23.5 Å². The molecule has 23 heavy (non-hydrogen) atoms. The number of ether oxygens (including phenoxy) is 1. The maximum atomic E-state index is 11.8. The molecule has 1 N–H and O–H groups in total. The van der Waals surface area contributed by atoms with Gasteiger partial charge in [-0.25, -0.2) is 4.98 Å². The number of halogens is 3. The van der Waals surface area contributed by atoms with Crippen molar-refractivity contribution in [2.75, 3.05) is 11.9 Å². The standard InChI is InChI=1S/C15H11Cl3N2O3/c16-9-4-5-13(19-7-9)20-14(21)8-23-15(22)6-10-11(17)2-1-3-12(10)18/h1-5,7H,6,8H2,(H,19,20,21). The third-order valence-electron chi connectivity index (χ3n) is 2.74. The summed E-state index contributed by atoms with van der Waals surface area (Å²) in [6, 6.07) is 8.02. The van der Waals surface area contributed by atoms with Crippen LogP contribution in [0.4, 0.5) is 5.82 Å². The van der Waals surface area contributed by atoms with Gasteiger partial charge in [0.25, 0.3) is 5.91 Å². The third-order valence-corrected chi connectivity index (χ3v) is 3.67. The molecule has 1 amide bonds. The average molecular weight is 374 g/mol. The largest absolute Gasteiger partial charge is 0.455 e. The minimum atomic E-state index is -0.612. The van der Waals surface area contributed by atoms with Crippen molar-refractivity contribution in [3.8, 4) is 0 Å². The molecule has 5 nitrogen and oxygen atoms in total. The van der Waals surface area contributed by atoms with E-state index in [1.807, 2.05) is 0 Å². The fraction of sp³-hybridized carbons (Fsp3) is 0.133. The van der Waals surface area contributed by atoms with Crippen LogP contribution in [0, 0.1) is 0 Å². The smallest absolute Gasteiger partial charge is 0.310 e. The highest BCUT2D eigenvalue weighted by atomic mass is 35.5. The van der Waals surface area contributed by atoms with E-state index in [2.05, 4.69) is 10.3 Å². The van der Waals surface area contributed by atoms with E-state index in [4.69, 9.17) is 39.5 Å². The van der Waals surface area contributed by atoms with Gasteiger partial charge in [0, 0.05) is 21.8 Å². The Balaban J connectivity index is 1.84. The van der Waals surface area contributed by atoms with Crippen molar-refractivity contribution in [2.24, 2.45) is 0 Å². The highest BCUT2D eigenvalue weighted by molar-refractivity contribution is 6.36. The summed E-state index contributed by atoms with van der Waals surface area (Å²) < 4.78 is 4.89. The van der Waals surface area contributed by atoms with Crippen LogP contribution in [0.25, 0.3) is 0 Å². The zero-order chi connectivity index (χ0) is 16.8. The van der Waals surface area contributed by atoms with Gasteiger partial charge in [0.2, 0.25) is 0 Å². The van der Waals surface area contributed by atoms with Crippen molar-refractivity contribution in [3.63, 3.8) is 0 Å². The molecule has 0 aliphatic carbocycles. The SMILES string of the molecule is O=C(COC(=O)Cc1c(Cl)cccc1Cl)Nc1ccc(Cl)cn1. The van der Waals surface area contributed by atoms with E-state index in [9.17, 15) is 9.59 Å². The maximum Gasteiger partial charge on any atom is 0.310 e. The lowest BCUT2D eigenvalue weighted by molar-refractivity contribution is -0.146. The first kappa shape index (κ1) is 17.5. The predicted octanol–water partition coefficient (Wildman–Crippen LogP) is 3.77. The summed E-state index contributed by atoms with van der Waals surface area (Å²) in [6.07, 6.45) is 1.27. The number of nitrogens with one attached hydrogen (secondary N) is 1. The number of amides is 1. The Kier molecular flexibility index (Phi) is 6.21. The number of hydrogen-bond acceptors (Lipinski definition) is 4. The Morgan fingerprint density at radius 2 is 1.78 bits per heavy atom. The number of nitrogens with zero attached hydrogens (tertiary/aromatic N) is 1. The Labute approximate surface area is 147 Å². The van der Waals surface area contributed by atoms with Gasteiger partial charge in [0.05, 0.1) is 11.4 Å². The summed E-state index contributed by atoms with van der Waals surface area (Å²) in [5.41, 5.74) is 0.459. The van der Waals surface area contributed by atoms with Crippen LogP contribution < -0.4 is 5.32 Å². The van der Waals surface area contributed by atoms with Gasteiger partial charge < -0.3 is 10.1 Å². The van der Waals surface area contributed by atoms with Gasteiger partial charge in [-0.3, -0.25) is 9.59 Å². The number of carbonyl (C=O) groups excluding carboxylic acids is 2. The first-order valence-electron chi connectivity index (χ1n) is 6.45. The van der Waals surface area contributed by atoms with Crippen LogP contribution in [0.1, 0.15) is 5.56 Å². The maximum absolute atomic E-state index is 11.8. The molecular weight excluding hydrogens is 363 g/mol. The van der Waals surface area contributed by atoms with Crippen LogP contribution in [-0.2, 0) is 20.7 Å². The fourth-order valence-corrected chi connectivity index (χ4v) is 2.31. The number of hydrogen-bond donors (Lipinski definition) is 1. The molecule has 0 radical (unpaired) electrons. The van der Waals surface area contributed by atoms with Crippen molar-refractivity contribution in [2.45, 2.75) is 6.42 Å². The summed E-state index contributed by atoms with van der Waals surface area (Å²) in [5, 5.41) is 3.65. The second kappa shape index (κ2) is 8.15. The molecule has 8 heteroatoms. The van der Waals surface area contributed by atoms with Crippen LogP contribution in [0.5, 0.6) is 0 Å². The van der Waals surface area contributed by atoms with Crippen LogP contribution in [0.2, 0.25) is 15.1 Å². The third kappa shape index (κ3) is 5.39. The zero-order valence-corrected chi connectivity index (χ0v) is 14.0. The van der Waals surface area contributed by atoms with E-state index >= 15 is 0 Å². The molecule has 1 aromatic carbocycles. The van der Waals surface area contributed by atoms with Crippen LogP contribution in [0.15, 0.2) is 36.5 Å². The van der Waals surface area contributed by atoms with Gasteiger partial charge in [0.1, 0.15) is 5.82 Å². The van der Waals surface area contributed by atoms with E-state index < -0.39 is 18.5 Å². The van der Waals surface area contributed by atoms with Crippen molar-refractivity contribution in [1.82, 2.24) is 4.98 Å². The number of aromatic nitrogens is 1. The molecule has 2 rings (SSSR count). The Morgan fingerprint density at radius 3 is 2.39 bits per heavy atom. The lowest BCUT2D eigenvalue weighted by Crippen LogP contribution is -2.22. The normalized spacial score (nSPS) is 10.2. The Morgan fingerprint density at radius 1 is 1.09 bits per heavy atom. The lowest BCUT2D eigenvalue weighted by Gasteiger charge is -2.08. The van der Waals surface area contributed by atoms with Gasteiger partial charge in [-0.1, -0.05) is 40.9 Å². The number of rotatable bonds is 5. The lowest BCUT2D eigenvalue weighted by atomic mass is 10.1. The molecule has 2 aromatic rings. The molecular formula is C15H11Cl3N2O3. The highest BCUT2D eigenvalue weighted by Crippen LogP contribution is 2.24. The first-order chi connectivity index (χ1) is 11.0. The molecule has 0 aliphatic heterocycles. The van der Waals surface area contributed by atoms with E-state index in [1.54, 1.807) is 24.3 Å². The van der Waals surface area contributed by atoms with E-state index in [0.717, 1.165) is 0 Å². The van der Waals surface area contributed by atoms with Gasteiger partial charge >= 0.3 is 5.97 Å². The fourth-order valence-electron chi connectivity index (χ4n) is 1.67. The van der Waals surface area contributed by atoms with Crippen molar-refractivity contribution in [1.29, 1.82) is 0 Å². The van der Waals surface area contributed by atoms with Crippen molar-refractivity contribution < 1.29 is 14.3 Å². The van der Waals surface area contributed by atoms with Gasteiger partial charge in [0.15, 0.2) is 6.61 Å². The summed E-state index contributed by atoms with van der Waals surface area (Å²) in [7, 11) is 0. The predicted molar refractivity (Wildman–Crippen MR) is 89.0 cm³/mol. The summed E-state index contributed by atoms with van der Waals surface area (Å²) in [6.45, 7) is -0.439. The number of pyridine rings is 1. The summed E-state index contributed by atoms with van der Waals surface area (Å²) in [4.78, 5) is 27.3. The second-order valence-corrected chi connectivity index (χ2v) is 5.70. The number of anilines is 1. The molecule has 120 valence electrons. The molecule has 0 atom stereocenters. The van der Waals surface area contributed by atoms with Crippen molar-refractivity contribution in [3.05, 3.63) is 57.2 Å². The molecule has 0 aliphatic rings. The minimum absolute atomic E-state index is 0.120. The molecule has 0 bridgehead atoms. The van der Waals surface area contributed by atoms with Crippen LogP contribution in [0.3, 0.4) is 0 Å². The van der Waals surface area contributed by atoms with E-state index in [1.165, 1.54) is 12.3 Å². The molecule has 0 fully saturated rings. The number of esters is 1. The number of benzene rings is 1. The second-order valence-electron chi connectivity index (χ2n) is 4.45. The van der Waals surface area contributed by atoms with E-state index in [0.29, 0.717) is 26.4 Å². The highest BCUT2D eigenvalue weighted by Gasteiger charge is 2.13. The molecule has 0 spiro atoms. The van der Waals surface area contributed by atoms with Gasteiger partial charge in [-0.05, 0) is 24.3 Å². The number of carbonyl (C=O) groups is 2. The Bertz CT molecular complexity index is 700. The summed E-state index contributed by atoms with van der Waals surface area (Å²) >= 11 is 17.6. The molecule has 0 saturated heterocycles. The monoisotopic (exact) mass is 372 g/mol. The topological polar surface area (TPSA) is 68.3 Å². The van der Waals surface area contributed by atoms with Gasteiger partial charge in [-0.15, -0.1) is 0 Å². The zero-order valence-electron chi connectivity index (χ0n) is 11.7. The molecule has 0 saturated carbocycles. The average Bonchev–Trinajstić information content (AvgIpc) is 2.51. The van der Waals surface area contributed by atoms with Gasteiger partial charge in [-0.2, -0.15) is 0 Å². The molecule has 1 heterocycles. The van der Waals surface area contributed by atoms with E-state index in [-0.39, 0.29) is 6.42 Å². The minimum Gasteiger partial charge on any atom is -0.455 e. The van der Waals surface area contributed by atoms with Crippen molar-refractivity contribution >= 4 is 52.5 Å².